The topological polar surface area (TPSA) is 67.3 Å². The standard InChI is InChI=1S/C25H35FN4O3/c26-21-4-1-2-5-22(21)27-14-16-28(17-15-27)24(33)29-12-3-10-25(18-29)11-13-30(23(25)32)19-6-8-20(31)9-7-19/h1-2,4-5,19-20,31H,3,6-18H2. The van der Waals surface area contributed by atoms with Crippen LogP contribution in [0.1, 0.15) is 44.9 Å². The molecule has 8 heteroatoms. The molecule has 1 atom stereocenters. The number of aliphatic hydroxyl groups excluding tert-OH is 1. The molecule has 0 bridgehead atoms. The first-order chi connectivity index (χ1) is 16.0. The van der Waals surface area contributed by atoms with Gasteiger partial charge in [0, 0.05) is 51.9 Å². The van der Waals surface area contributed by atoms with Gasteiger partial charge in [0.1, 0.15) is 5.82 Å². The van der Waals surface area contributed by atoms with Crippen LogP contribution in [0.15, 0.2) is 24.3 Å². The molecule has 7 nitrogen and oxygen atoms in total. The van der Waals surface area contributed by atoms with Crippen molar-refractivity contribution < 1.29 is 19.1 Å². The van der Waals surface area contributed by atoms with E-state index in [2.05, 4.69) is 0 Å². The molecule has 1 N–H and O–H groups in total. The number of benzene rings is 1. The van der Waals surface area contributed by atoms with Crippen molar-refractivity contribution in [3.63, 3.8) is 0 Å². The highest BCUT2D eigenvalue weighted by atomic mass is 19.1. The number of likely N-dealkylation sites (tertiary alicyclic amines) is 2. The summed E-state index contributed by atoms with van der Waals surface area (Å²) in [5.74, 6) is -0.0159. The molecular formula is C25H35FN4O3. The quantitative estimate of drug-likeness (QED) is 0.740. The number of halogens is 1. The van der Waals surface area contributed by atoms with Gasteiger partial charge in [-0.2, -0.15) is 0 Å². The molecule has 3 saturated heterocycles. The predicted octanol–water partition coefficient (Wildman–Crippen LogP) is 2.69. The van der Waals surface area contributed by atoms with Crippen LogP contribution < -0.4 is 4.90 Å². The highest BCUT2D eigenvalue weighted by Gasteiger charge is 2.51. The third kappa shape index (κ3) is 4.29. The molecule has 5 rings (SSSR count). The molecule has 4 aliphatic rings. The van der Waals surface area contributed by atoms with Gasteiger partial charge in [0.15, 0.2) is 0 Å². The van der Waals surface area contributed by atoms with Crippen LogP contribution in [-0.4, -0.2) is 89.7 Å². The van der Waals surface area contributed by atoms with Crippen molar-refractivity contribution in [3.05, 3.63) is 30.1 Å². The second-order valence-electron chi connectivity index (χ2n) is 10.2. The molecule has 3 aliphatic heterocycles. The van der Waals surface area contributed by atoms with Crippen LogP contribution in [0.5, 0.6) is 0 Å². The number of hydrogen-bond donors (Lipinski definition) is 1. The van der Waals surface area contributed by atoms with Crippen molar-refractivity contribution in [1.82, 2.24) is 14.7 Å². The molecule has 1 spiro atoms. The number of anilines is 1. The highest BCUT2D eigenvalue weighted by Crippen LogP contribution is 2.42. The van der Waals surface area contributed by atoms with Gasteiger partial charge in [-0.1, -0.05) is 12.1 Å². The predicted molar refractivity (Wildman–Crippen MR) is 123 cm³/mol. The SMILES string of the molecule is O=C(N1CCN(c2ccccc2F)CC1)N1CCCC2(CCN(C3CCC(O)CC3)C2=O)C1. The summed E-state index contributed by atoms with van der Waals surface area (Å²) in [5, 5.41) is 9.82. The molecule has 0 radical (unpaired) electrons. The maximum atomic E-state index is 14.1. The largest absolute Gasteiger partial charge is 0.393 e. The third-order valence-electron chi connectivity index (χ3n) is 8.24. The zero-order chi connectivity index (χ0) is 23.0. The van der Waals surface area contributed by atoms with E-state index >= 15 is 0 Å². The van der Waals surface area contributed by atoms with E-state index in [1.54, 1.807) is 12.1 Å². The number of para-hydroxylation sites is 1. The summed E-state index contributed by atoms with van der Waals surface area (Å²) in [4.78, 5) is 34.6. The van der Waals surface area contributed by atoms with Crippen LogP contribution in [0.3, 0.4) is 0 Å². The lowest BCUT2D eigenvalue weighted by molar-refractivity contribution is -0.141. The van der Waals surface area contributed by atoms with Crippen LogP contribution in [0, 0.1) is 11.2 Å². The van der Waals surface area contributed by atoms with Gasteiger partial charge in [-0.3, -0.25) is 4.79 Å². The first-order valence-electron chi connectivity index (χ1n) is 12.5. The number of aliphatic hydroxyl groups is 1. The normalized spacial score (nSPS) is 30.9. The Bertz CT molecular complexity index is 882. The monoisotopic (exact) mass is 458 g/mol. The molecule has 33 heavy (non-hydrogen) atoms. The van der Waals surface area contributed by atoms with Crippen LogP contribution in [-0.2, 0) is 4.79 Å². The summed E-state index contributed by atoms with van der Waals surface area (Å²) in [5.41, 5.74) is 0.146. The number of carbonyl (C=O) groups excluding carboxylic acids is 2. The maximum Gasteiger partial charge on any atom is 0.320 e. The summed E-state index contributed by atoms with van der Waals surface area (Å²) in [6.45, 7) is 4.28. The van der Waals surface area contributed by atoms with E-state index < -0.39 is 5.41 Å². The van der Waals surface area contributed by atoms with Gasteiger partial charge < -0.3 is 24.7 Å². The first-order valence-corrected chi connectivity index (χ1v) is 12.5. The summed E-state index contributed by atoms with van der Waals surface area (Å²) >= 11 is 0. The van der Waals surface area contributed by atoms with Crippen LogP contribution in [0.25, 0.3) is 0 Å². The van der Waals surface area contributed by atoms with E-state index in [0.29, 0.717) is 45.0 Å². The molecule has 1 unspecified atom stereocenters. The summed E-state index contributed by atoms with van der Waals surface area (Å²) in [6.07, 6.45) is 5.57. The van der Waals surface area contributed by atoms with E-state index in [0.717, 1.165) is 51.5 Å². The summed E-state index contributed by atoms with van der Waals surface area (Å²) in [7, 11) is 0. The van der Waals surface area contributed by atoms with Crippen molar-refractivity contribution in [2.75, 3.05) is 50.7 Å². The number of carbonyl (C=O) groups is 2. The molecule has 3 amide bonds. The average Bonchev–Trinajstić information content (AvgIpc) is 3.14. The van der Waals surface area contributed by atoms with E-state index in [-0.39, 0.29) is 29.9 Å². The van der Waals surface area contributed by atoms with Crippen molar-refractivity contribution in [2.24, 2.45) is 5.41 Å². The van der Waals surface area contributed by atoms with Crippen molar-refractivity contribution >= 4 is 17.6 Å². The van der Waals surface area contributed by atoms with Gasteiger partial charge in [0.05, 0.1) is 17.2 Å². The third-order valence-corrected chi connectivity index (χ3v) is 8.24. The van der Waals surface area contributed by atoms with Gasteiger partial charge in [-0.05, 0) is 57.1 Å². The number of urea groups is 1. The van der Waals surface area contributed by atoms with Gasteiger partial charge in [-0.15, -0.1) is 0 Å². The Labute approximate surface area is 195 Å². The average molecular weight is 459 g/mol. The number of nitrogens with zero attached hydrogens (tertiary/aromatic N) is 4. The molecule has 1 saturated carbocycles. The van der Waals surface area contributed by atoms with Gasteiger partial charge in [0.25, 0.3) is 0 Å². The van der Waals surface area contributed by atoms with Crippen molar-refractivity contribution in [3.8, 4) is 0 Å². The number of piperidine rings is 1. The fraction of sp³-hybridized carbons (Fsp3) is 0.680. The Kier molecular flexibility index (Phi) is 6.20. The smallest absolute Gasteiger partial charge is 0.320 e. The number of rotatable bonds is 2. The Hall–Kier alpha value is -2.35. The molecule has 1 aliphatic carbocycles. The minimum absolute atomic E-state index is 0.00861. The molecule has 0 aromatic heterocycles. The fourth-order valence-corrected chi connectivity index (χ4v) is 6.29. The molecule has 1 aromatic carbocycles. The Morgan fingerprint density at radius 1 is 0.939 bits per heavy atom. The zero-order valence-electron chi connectivity index (χ0n) is 19.3. The second kappa shape index (κ2) is 9.12. The molecule has 1 aromatic rings. The van der Waals surface area contributed by atoms with Gasteiger partial charge >= 0.3 is 6.03 Å². The zero-order valence-corrected chi connectivity index (χ0v) is 19.3. The second-order valence-corrected chi connectivity index (χ2v) is 10.2. The Balaban J connectivity index is 1.19. The van der Waals surface area contributed by atoms with Crippen molar-refractivity contribution in [1.29, 1.82) is 0 Å². The number of hydrogen-bond acceptors (Lipinski definition) is 4. The van der Waals surface area contributed by atoms with Crippen molar-refractivity contribution in [2.45, 2.75) is 57.1 Å². The van der Waals surface area contributed by atoms with E-state index in [1.807, 2.05) is 25.7 Å². The molecular weight excluding hydrogens is 423 g/mol. The van der Waals surface area contributed by atoms with E-state index in [4.69, 9.17) is 0 Å². The Morgan fingerprint density at radius 3 is 2.39 bits per heavy atom. The lowest BCUT2D eigenvalue weighted by atomic mass is 9.78. The lowest BCUT2D eigenvalue weighted by Crippen LogP contribution is -2.57. The van der Waals surface area contributed by atoms with E-state index in [1.165, 1.54) is 6.07 Å². The molecule has 4 fully saturated rings. The minimum atomic E-state index is -0.445. The van der Waals surface area contributed by atoms with Gasteiger partial charge in [-0.25, -0.2) is 9.18 Å². The van der Waals surface area contributed by atoms with Crippen LogP contribution in [0.4, 0.5) is 14.9 Å². The van der Waals surface area contributed by atoms with Gasteiger partial charge in [0.2, 0.25) is 5.91 Å². The number of amides is 3. The maximum absolute atomic E-state index is 14.1. The summed E-state index contributed by atoms with van der Waals surface area (Å²) in [6, 6.07) is 7.02. The first kappa shape index (κ1) is 22.4. The fourth-order valence-electron chi connectivity index (χ4n) is 6.29. The molecule has 3 heterocycles. The summed E-state index contributed by atoms with van der Waals surface area (Å²) < 4.78 is 14.1. The van der Waals surface area contributed by atoms with E-state index in [9.17, 15) is 19.1 Å². The highest BCUT2D eigenvalue weighted by molar-refractivity contribution is 5.86. The number of piperazine rings is 1. The van der Waals surface area contributed by atoms with Crippen LogP contribution in [0.2, 0.25) is 0 Å². The Morgan fingerprint density at radius 2 is 1.67 bits per heavy atom. The molecule has 180 valence electrons. The minimum Gasteiger partial charge on any atom is -0.393 e. The lowest BCUT2D eigenvalue weighted by Gasteiger charge is -2.43. The van der Waals surface area contributed by atoms with Crippen LogP contribution >= 0.6 is 0 Å².